The highest BCUT2D eigenvalue weighted by Crippen LogP contribution is 2.26. The predicted molar refractivity (Wildman–Crippen MR) is 173 cm³/mol. The minimum atomic E-state index is -4.08. The molecule has 3 rings (SSSR count). The second-order valence-electron chi connectivity index (χ2n) is 11.0. The number of nitrogens with one attached hydrogen (secondary N) is 5. The van der Waals surface area contributed by atoms with Crippen LogP contribution in [0.2, 0.25) is 0 Å². The maximum Gasteiger partial charge on any atom is 0.323 e. The topological polar surface area (TPSA) is 166 Å². The Hall–Kier alpha value is -2.22. The van der Waals surface area contributed by atoms with Crippen LogP contribution in [0.3, 0.4) is 0 Å². The van der Waals surface area contributed by atoms with Crippen LogP contribution in [0.4, 0.5) is 0 Å². The number of carbonyl (C=O) groups excluding carboxylic acids is 2. The Balaban J connectivity index is 0.00000462. The van der Waals surface area contributed by atoms with Crippen molar-refractivity contribution in [1.82, 2.24) is 26.0 Å². The van der Waals surface area contributed by atoms with E-state index in [1.54, 1.807) is 30.3 Å². The molecule has 0 aromatic heterocycles. The summed E-state index contributed by atoms with van der Waals surface area (Å²) >= 11 is 0. The van der Waals surface area contributed by atoms with Gasteiger partial charge < -0.3 is 26.4 Å². The summed E-state index contributed by atoms with van der Waals surface area (Å²) in [5.74, 6) is -1.14. The molecule has 0 radical (unpaired) electrons. The molecule has 2 amide bonds. The number of amides is 2. The Morgan fingerprint density at radius 1 is 0.884 bits per heavy atom. The normalized spacial score (nSPS) is 17.0. The first-order valence-electron chi connectivity index (χ1n) is 14.7. The smallest absolute Gasteiger partial charge is 0.323 e. The van der Waals surface area contributed by atoms with E-state index in [4.69, 9.17) is 0 Å². The molecular weight excluding hydrogens is 617 g/mol. The first-order valence-corrected chi connectivity index (χ1v) is 16.2. The summed E-state index contributed by atoms with van der Waals surface area (Å²) in [5.41, 5.74) is 0.638. The van der Waals surface area contributed by atoms with Gasteiger partial charge in [-0.25, -0.2) is 8.42 Å². The van der Waals surface area contributed by atoms with E-state index in [2.05, 4.69) is 26.0 Å². The van der Waals surface area contributed by atoms with Crippen molar-refractivity contribution in [2.75, 3.05) is 39.3 Å². The largest absolute Gasteiger partial charge is 0.480 e. The summed E-state index contributed by atoms with van der Waals surface area (Å²) in [6, 6.07) is 7.14. The maximum atomic E-state index is 13.1. The minimum absolute atomic E-state index is 0. The van der Waals surface area contributed by atoms with Crippen LogP contribution in [-0.2, 0) is 24.4 Å². The zero-order valence-electron chi connectivity index (χ0n) is 24.5. The minimum Gasteiger partial charge on any atom is -0.480 e. The first-order chi connectivity index (χ1) is 19.7. The van der Waals surface area contributed by atoms with Crippen LogP contribution in [0.15, 0.2) is 35.7 Å². The molecule has 2 saturated heterocycles. The van der Waals surface area contributed by atoms with E-state index in [9.17, 15) is 27.9 Å². The summed E-state index contributed by atoms with van der Waals surface area (Å²) in [5, 5.41) is 22.3. The molecule has 43 heavy (non-hydrogen) atoms. The van der Waals surface area contributed by atoms with Gasteiger partial charge in [-0.05, 0) is 101 Å². The molecule has 6 N–H and O–H groups in total. The van der Waals surface area contributed by atoms with Crippen molar-refractivity contribution in [3.8, 4) is 0 Å². The fourth-order valence-corrected chi connectivity index (χ4v) is 6.36. The Kier molecular flexibility index (Phi) is 18.7. The van der Waals surface area contributed by atoms with E-state index in [0.717, 1.165) is 83.0 Å². The molecule has 1 unspecified atom stereocenters. The highest BCUT2D eigenvalue weighted by Gasteiger charge is 2.25. The average molecular weight is 665 g/mol. The van der Waals surface area contributed by atoms with Gasteiger partial charge in [0.05, 0.1) is 6.54 Å². The maximum absolute atomic E-state index is 13.1. The lowest BCUT2D eigenvalue weighted by Gasteiger charge is -2.27. The molecule has 0 spiro atoms. The fraction of sp³-hybridized carbons (Fsp3) is 0.621. The standard InChI is InChI=1S/C29H45N5O6S.2ClH/c35-27(32-20-26(29(37)38)34-41(39,40)19-14-22-4-2-1-3-5-22)21-33-28(36)25(8-6-23-10-15-30-16-11-23)9-7-24-12-17-31-18-13-24;;/h1-5,14,19,23-26,30-31,34H,6-13,15-18,20-21H2,(H,32,35)(H,33,36)(H,37,38);2*1H. The number of sulfonamides is 1. The van der Waals surface area contributed by atoms with Crippen LogP contribution >= 0.6 is 24.8 Å². The van der Waals surface area contributed by atoms with Gasteiger partial charge in [-0.15, -0.1) is 24.8 Å². The molecule has 244 valence electrons. The van der Waals surface area contributed by atoms with Gasteiger partial charge in [0.2, 0.25) is 21.8 Å². The summed E-state index contributed by atoms with van der Waals surface area (Å²) in [4.78, 5) is 37.2. The zero-order valence-corrected chi connectivity index (χ0v) is 26.9. The fourth-order valence-electron chi connectivity index (χ4n) is 5.36. The van der Waals surface area contributed by atoms with Crippen LogP contribution in [0.1, 0.15) is 56.9 Å². The van der Waals surface area contributed by atoms with Gasteiger partial charge in [0.25, 0.3) is 0 Å². The molecule has 0 aliphatic carbocycles. The van der Waals surface area contributed by atoms with Crippen molar-refractivity contribution in [1.29, 1.82) is 0 Å². The molecule has 2 aliphatic rings. The molecule has 1 atom stereocenters. The summed E-state index contributed by atoms with van der Waals surface area (Å²) < 4.78 is 26.8. The van der Waals surface area contributed by atoms with Gasteiger partial charge in [0, 0.05) is 17.9 Å². The van der Waals surface area contributed by atoms with Crippen molar-refractivity contribution < 1.29 is 27.9 Å². The molecule has 1 aromatic rings. The van der Waals surface area contributed by atoms with Crippen LogP contribution in [0, 0.1) is 17.8 Å². The van der Waals surface area contributed by atoms with E-state index in [1.807, 2.05) is 0 Å². The SMILES string of the molecule is Cl.Cl.O=C(CNC(=O)C(CCC1CCNCC1)CCC1CCNCC1)NCC(NS(=O)(=O)C=Cc1ccccc1)C(=O)O. The lowest BCUT2D eigenvalue weighted by atomic mass is 9.84. The molecule has 11 nitrogen and oxygen atoms in total. The number of hydrogen-bond donors (Lipinski definition) is 6. The van der Waals surface area contributed by atoms with Gasteiger partial charge in [-0.1, -0.05) is 30.3 Å². The van der Waals surface area contributed by atoms with Crippen LogP contribution in [0.25, 0.3) is 6.08 Å². The molecule has 1 aromatic carbocycles. The van der Waals surface area contributed by atoms with Crippen LogP contribution < -0.4 is 26.0 Å². The second-order valence-corrected chi connectivity index (χ2v) is 12.6. The zero-order chi connectivity index (χ0) is 29.5. The summed E-state index contributed by atoms with van der Waals surface area (Å²) in [6.07, 6.45) is 9.33. The predicted octanol–water partition coefficient (Wildman–Crippen LogP) is 2.28. The third kappa shape index (κ3) is 15.4. The number of piperidine rings is 2. The van der Waals surface area contributed by atoms with Gasteiger partial charge in [-0.2, -0.15) is 4.72 Å². The average Bonchev–Trinajstić information content (AvgIpc) is 2.98. The number of aliphatic carboxylic acids is 1. The summed E-state index contributed by atoms with van der Waals surface area (Å²) in [6.45, 7) is 3.27. The second kappa shape index (κ2) is 20.7. The number of carboxylic acid groups (broad SMARTS) is 1. The summed E-state index contributed by atoms with van der Waals surface area (Å²) in [7, 11) is -4.08. The third-order valence-electron chi connectivity index (χ3n) is 7.91. The first kappa shape index (κ1) is 38.8. The highest BCUT2D eigenvalue weighted by atomic mass is 35.5. The van der Waals surface area contributed by atoms with E-state index in [0.29, 0.717) is 17.4 Å². The Morgan fingerprint density at radius 3 is 1.93 bits per heavy atom. The molecule has 2 heterocycles. The molecular formula is C29H47Cl2N5O6S. The molecule has 2 fully saturated rings. The van der Waals surface area contributed by atoms with Gasteiger partial charge in [-0.3, -0.25) is 14.4 Å². The number of halogens is 2. The lowest BCUT2D eigenvalue weighted by Crippen LogP contribution is -2.49. The number of carbonyl (C=O) groups is 3. The molecule has 0 saturated carbocycles. The molecule has 14 heteroatoms. The van der Waals surface area contributed by atoms with Crippen molar-refractivity contribution >= 4 is 58.7 Å². The van der Waals surface area contributed by atoms with E-state index < -0.39 is 34.5 Å². The number of rotatable bonds is 16. The van der Waals surface area contributed by atoms with Crippen LogP contribution in [-0.4, -0.2) is 76.6 Å². The van der Waals surface area contributed by atoms with E-state index >= 15 is 0 Å². The van der Waals surface area contributed by atoms with Crippen LogP contribution in [0.5, 0.6) is 0 Å². The quantitative estimate of drug-likeness (QED) is 0.157. The Labute approximate surface area is 267 Å². The number of hydrogen-bond acceptors (Lipinski definition) is 7. The third-order valence-corrected chi connectivity index (χ3v) is 9.01. The van der Waals surface area contributed by atoms with Crippen molar-refractivity contribution in [3.05, 3.63) is 41.3 Å². The number of benzene rings is 1. The van der Waals surface area contributed by atoms with Crippen molar-refractivity contribution in [3.63, 3.8) is 0 Å². The van der Waals surface area contributed by atoms with E-state index in [-0.39, 0.29) is 43.2 Å². The van der Waals surface area contributed by atoms with Crippen molar-refractivity contribution in [2.24, 2.45) is 17.8 Å². The van der Waals surface area contributed by atoms with Gasteiger partial charge >= 0.3 is 5.97 Å². The van der Waals surface area contributed by atoms with Gasteiger partial charge in [0.1, 0.15) is 6.04 Å². The Morgan fingerprint density at radius 2 is 1.42 bits per heavy atom. The molecule has 2 aliphatic heterocycles. The van der Waals surface area contributed by atoms with Crippen molar-refractivity contribution in [2.45, 2.75) is 57.4 Å². The highest BCUT2D eigenvalue weighted by molar-refractivity contribution is 7.92. The molecule has 0 bridgehead atoms. The monoisotopic (exact) mass is 663 g/mol. The number of carboxylic acids is 1. The Bertz CT molecular complexity index is 1090. The lowest BCUT2D eigenvalue weighted by molar-refractivity contribution is -0.139. The van der Waals surface area contributed by atoms with E-state index in [1.165, 1.54) is 6.08 Å². The van der Waals surface area contributed by atoms with Gasteiger partial charge in [0.15, 0.2) is 0 Å².